The number of aryl methyl sites for hydroxylation is 2. The first-order chi connectivity index (χ1) is 9.51. The van der Waals surface area contributed by atoms with Crippen molar-refractivity contribution in [3.05, 3.63) is 11.3 Å². The van der Waals surface area contributed by atoms with Crippen LogP contribution in [0.4, 0.5) is 0 Å². The van der Waals surface area contributed by atoms with Crippen molar-refractivity contribution in [2.24, 2.45) is 13.0 Å². The maximum absolute atomic E-state index is 10.7. The molecular formula is C14H23N3O3. The third-order valence-electron chi connectivity index (χ3n) is 4.03. The largest absolute Gasteiger partial charge is 0.481 e. The maximum Gasteiger partial charge on any atom is 0.303 e. The number of aliphatic carboxylic acids is 1. The minimum atomic E-state index is -0.687. The fourth-order valence-electron chi connectivity index (χ4n) is 2.94. The highest BCUT2D eigenvalue weighted by molar-refractivity contribution is 5.67. The van der Waals surface area contributed by atoms with Gasteiger partial charge in [-0.1, -0.05) is 0 Å². The molecule has 1 aromatic rings. The molecule has 1 aromatic heterocycles. The van der Waals surface area contributed by atoms with E-state index in [1.807, 2.05) is 14.0 Å². The molecule has 112 valence electrons. The van der Waals surface area contributed by atoms with Crippen LogP contribution in [0.15, 0.2) is 0 Å². The standard InChI is InChI=1S/C14H23N3O3/c1-10-12(14(20-3)16(2)15-10)9-17-6-4-11(5-7-17)8-13(18)19/h11H,4-9H2,1-3H3,(H,18,19). The van der Waals surface area contributed by atoms with Crippen LogP contribution >= 0.6 is 0 Å². The second-order valence-electron chi connectivity index (χ2n) is 5.51. The average Bonchev–Trinajstić information content (AvgIpc) is 2.65. The Balaban J connectivity index is 1.94. The van der Waals surface area contributed by atoms with E-state index < -0.39 is 5.97 Å². The third-order valence-corrected chi connectivity index (χ3v) is 4.03. The van der Waals surface area contributed by atoms with Crippen molar-refractivity contribution < 1.29 is 14.6 Å². The van der Waals surface area contributed by atoms with Crippen molar-refractivity contribution >= 4 is 5.97 Å². The number of carbonyl (C=O) groups is 1. The van der Waals surface area contributed by atoms with E-state index in [0.717, 1.165) is 49.6 Å². The van der Waals surface area contributed by atoms with Crippen molar-refractivity contribution in [1.82, 2.24) is 14.7 Å². The van der Waals surface area contributed by atoms with Crippen molar-refractivity contribution in [3.8, 4) is 5.88 Å². The molecule has 6 heteroatoms. The number of hydrogen-bond donors (Lipinski definition) is 1. The molecule has 1 fully saturated rings. The SMILES string of the molecule is COc1c(CN2CCC(CC(=O)O)CC2)c(C)nn1C. The lowest BCUT2D eigenvalue weighted by Crippen LogP contribution is -2.34. The van der Waals surface area contributed by atoms with Gasteiger partial charge in [0, 0.05) is 20.0 Å². The van der Waals surface area contributed by atoms with Crippen LogP contribution in [0.1, 0.15) is 30.5 Å². The summed E-state index contributed by atoms with van der Waals surface area (Å²) in [6, 6.07) is 0. The van der Waals surface area contributed by atoms with Gasteiger partial charge in [0.25, 0.3) is 0 Å². The summed E-state index contributed by atoms with van der Waals surface area (Å²) in [6.45, 7) is 4.70. The van der Waals surface area contributed by atoms with Gasteiger partial charge in [0.15, 0.2) is 0 Å². The summed E-state index contributed by atoms with van der Waals surface area (Å²) in [5.74, 6) is 0.448. The van der Waals surface area contributed by atoms with Crippen molar-refractivity contribution in [1.29, 1.82) is 0 Å². The van der Waals surface area contributed by atoms with Gasteiger partial charge in [-0.15, -0.1) is 0 Å². The monoisotopic (exact) mass is 281 g/mol. The van der Waals surface area contributed by atoms with Gasteiger partial charge in [0.2, 0.25) is 5.88 Å². The number of methoxy groups -OCH3 is 1. The molecule has 6 nitrogen and oxygen atoms in total. The van der Waals surface area contributed by atoms with E-state index in [1.54, 1.807) is 11.8 Å². The summed E-state index contributed by atoms with van der Waals surface area (Å²) in [5, 5.41) is 13.2. The summed E-state index contributed by atoms with van der Waals surface area (Å²) in [6.07, 6.45) is 2.20. The average molecular weight is 281 g/mol. The van der Waals surface area contributed by atoms with Crippen LogP contribution in [0.5, 0.6) is 5.88 Å². The van der Waals surface area contributed by atoms with E-state index in [-0.39, 0.29) is 0 Å². The molecule has 2 rings (SSSR count). The molecule has 0 unspecified atom stereocenters. The molecule has 0 spiro atoms. The summed E-state index contributed by atoms with van der Waals surface area (Å²) in [7, 11) is 3.55. The fourth-order valence-corrected chi connectivity index (χ4v) is 2.94. The molecule has 1 aliphatic heterocycles. The highest BCUT2D eigenvalue weighted by Gasteiger charge is 2.23. The van der Waals surface area contributed by atoms with Gasteiger partial charge in [-0.25, -0.2) is 4.68 Å². The number of carboxylic acid groups (broad SMARTS) is 1. The molecule has 0 amide bonds. The zero-order valence-corrected chi connectivity index (χ0v) is 12.4. The van der Waals surface area contributed by atoms with Crippen LogP contribution in [-0.2, 0) is 18.4 Å². The topological polar surface area (TPSA) is 67.6 Å². The Bertz CT molecular complexity index is 476. The van der Waals surface area contributed by atoms with E-state index in [0.29, 0.717) is 12.3 Å². The van der Waals surface area contributed by atoms with E-state index in [1.165, 1.54) is 0 Å². The van der Waals surface area contributed by atoms with E-state index in [2.05, 4.69) is 10.00 Å². The van der Waals surface area contributed by atoms with Gasteiger partial charge < -0.3 is 9.84 Å². The smallest absolute Gasteiger partial charge is 0.303 e. The lowest BCUT2D eigenvalue weighted by molar-refractivity contribution is -0.138. The quantitative estimate of drug-likeness (QED) is 0.884. The van der Waals surface area contributed by atoms with Crippen molar-refractivity contribution in [2.45, 2.75) is 32.7 Å². The summed E-state index contributed by atoms with van der Waals surface area (Å²) in [4.78, 5) is 13.1. The van der Waals surface area contributed by atoms with Crippen LogP contribution in [0.2, 0.25) is 0 Å². The molecule has 2 heterocycles. The Morgan fingerprint density at radius 1 is 1.45 bits per heavy atom. The second-order valence-corrected chi connectivity index (χ2v) is 5.51. The molecule has 20 heavy (non-hydrogen) atoms. The van der Waals surface area contributed by atoms with Crippen LogP contribution in [0, 0.1) is 12.8 Å². The normalized spacial score (nSPS) is 17.4. The first kappa shape index (κ1) is 14.8. The molecule has 0 bridgehead atoms. The zero-order valence-electron chi connectivity index (χ0n) is 12.4. The zero-order chi connectivity index (χ0) is 14.7. The number of aromatic nitrogens is 2. The Morgan fingerprint density at radius 2 is 2.10 bits per heavy atom. The number of piperidine rings is 1. The summed E-state index contributed by atoms with van der Waals surface area (Å²) >= 11 is 0. The number of nitrogens with zero attached hydrogens (tertiary/aromatic N) is 3. The van der Waals surface area contributed by atoms with Crippen LogP contribution in [0.3, 0.4) is 0 Å². The van der Waals surface area contributed by atoms with Crippen molar-refractivity contribution in [2.75, 3.05) is 20.2 Å². The van der Waals surface area contributed by atoms with Gasteiger partial charge in [-0.3, -0.25) is 9.69 Å². The highest BCUT2D eigenvalue weighted by atomic mass is 16.5. The van der Waals surface area contributed by atoms with Crippen LogP contribution in [-0.4, -0.2) is 46.0 Å². The van der Waals surface area contributed by atoms with E-state index >= 15 is 0 Å². The van der Waals surface area contributed by atoms with Gasteiger partial charge in [0.05, 0.1) is 18.4 Å². The van der Waals surface area contributed by atoms with Gasteiger partial charge in [0.1, 0.15) is 0 Å². The molecule has 0 aliphatic carbocycles. The first-order valence-corrected chi connectivity index (χ1v) is 7.02. The summed E-state index contributed by atoms with van der Waals surface area (Å²) in [5.41, 5.74) is 2.13. The fraction of sp³-hybridized carbons (Fsp3) is 0.714. The molecular weight excluding hydrogens is 258 g/mol. The maximum atomic E-state index is 10.7. The van der Waals surface area contributed by atoms with E-state index in [4.69, 9.17) is 9.84 Å². The van der Waals surface area contributed by atoms with Crippen LogP contribution in [0.25, 0.3) is 0 Å². The Kier molecular flexibility index (Phi) is 4.65. The minimum Gasteiger partial charge on any atom is -0.481 e. The predicted molar refractivity (Wildman–Crippen MR) is 74.8 cm³/mol. The lowest BCUT2D eigenvalue weighted by atomic mass is 9.93. The molecule has 1 N–H and O–H groups in total. The van der Waals surface area contributed by atoms with Crippen molar-refractivity contribution in [3.63, 3.8) is 0 Å². The minimum absolute atomic E-state index is 0.295. The molecule has 0 radical (unpaired) electrons. The highest BCUT2D eigenvalue weighted by Crippen LogP contribution is 2.26. The number of hydrogen-bond acceptors (Lipinski definition) is 4. The van der Waals surface area contributed by atoms with E-state index in [9.17, 15) is 4.79 Å². The number of carboxylic acids is 1. The Morgan fingerprint density at radius 3 is 2.65 bits per heavy atom. The van der Waals surface area contributed by atoms with Crippen LogP contribution < -0.4 is 4.74 Å². The first-order valence-electron chi connectivity index (χ1n) is 7.02. The lowest BCUT2D eigenvalue weighted by Gasteiger charge is -2.31. The Labute approximate surface area is 119 Å². The Hall–Kier alpha value is -1.56. The molecule has 0 saturated carbocycles. The summed E-state index contributed by atoms with van der Waals surface area (Å²) < 4.78 is 7.17. The number of likely N-dealkylation sites (tertiary alicyclic amines) is 1. The molecule has 1 aliphatic rings. The van der Waals surface area contributed by atoms with Gasteiger partial charge in [-0.2, -0.15) is 5.10 Å². The van der Waals surface area contributed by atoms with Gasteiger partial charge >= 0.3 is 5.97 Å². The number of ether oxygens (including phenoxy) is 1. The predicted octanol–water partition coefficient (Wildman–Crippen LogP) is 1.42. The molecule has 1 saturated heterocycles. The third kappa shape index (κ3) is 3.30. The second kappa shape index (κ2) is 6.26. The molecule has 0 atom stereocenters. The van der Waals surface area contributed by atoms with Gasteiger partial charge in [-0.05, 0) is 38.8 Å². The molecule has 0 aromatic carbocycles. The number of rotatable bonds is 5.